The van der Waals surface area contributed by atoms with Gasteiger partial charge in [-0.15, -0.1) is 10.2 Å². The Labute approximate surface area is 119 Å². The number of hydrogen-bond donors (Lipinski definition) is 2. The third-order valence-corrected chi connectivity index (χ3v) is 3.91. The minimum Gasteiger partial charge on any atom is -0.295 e. The lowest BCUT2D eigenvalue weighted by molar-refractivity contribution is 0.102. The zero-order valence-electron chi connectivity index (χ0n) is 11.2. The average molecular weight is 293 g/mol. The van der Waals surface area contributed by atoms with Crippen molar-refractivity contribution in [2.24, 2.45) is 0 Å². The summed E-state index contributed by atoms with van der Waals surface area (Å²) >= 11 is 1.36. The fourth-order valence-electron chi connectivity index (χ4n) is 1.72. The molecule has 0 aliphatic heterocycles. The maximum atomic E-state index is 11.9. The van der Waals surface area contributed by atoms with Crippen LogP contribution in [-0.2, 0) is 0 Å². The molecule has 106 valence electrons. The monoisotopic (exact) mass is 293 g/mol. The predicted octanol–water partition coefficient (Wildman–Crippen LogP) is 1.78. The highest BCUT2D eigenvalue weighted by Gasteiger charge is 2.15. The molecule has 0 saturated carbocycles. The van der Waals surface area contributed by atoms with E-state index in [-0.39, 0.29) is 11.3 Å². The fraction of sp³-hybridized carbons (Fsp3) is 0.417. The maximum Gasteiger partial charge on any atom is 0.277 e. The van der Waals surface area contributed by atoms with E-state index in [0.717, 1.165) is 17.8 Å². The highest BCUT2D eigenvalue weighted by molar-refractivity contribution is 7.15. The van der Waals surface area contributed by atoms with Crippen LogP contribution in [0.1, 0.15) is 48.1 Å². The molecule has 2 aromatic heterocycles. The second-order valence-corrected chi connectivity index (χ2v) is 5.23. The van der Waals surface area contributed by atoms with Crippen molar-refractivity contribution in [2.45, 2.75) is 32.6 Å². The van der Waals surface area contributed by atoms with Crippen molar-refractivity contribution in [1.82, 2.24) is 20.4 Å². The van der Waals surface area contributed by atoms with Gasteiger partial charge in [-0.25, -0.2) is 5.10 Å². The van der Waals surface area contributed by atoms with Gasteiger partial charge in [-0.3, -0.25) is 14.9 Å². The van der Waals surface area contributed by atoms with Crippen LogP contribution in [0.3, 0.4) is 0 Å². The lowest BCUT2D eigenvalue weighted by Gasteiger charge is -2.05. The number of aromatic nitrogens is 4. The Hall–Kier alpha value is -2.09. The van der Waals surface area contributed by atoms with Crippen LogP contribution >= 0.6 is 11.3 Å². The number of anilines is 1. The molecule has 0 radical (unpaired) electrons. The van der Waals surface area contributed by atoms with Crippen LogP contribution in [0.5, 0.6) is 0 Å². The number of hydrogen-bond acceptors (Lipinski definition) is 6. The second-order valence-electron chi connectivity index (χ2n) is 4.22. The molecule has 0 fully saturated rings. The maximum absolute atomic E-state index is 11.9. The molecule has 20 heavy (non-hydrogen) atoms. The van der Waals surface area contributed by atoms with Crippen LogP contribution in [0.4, 0.5) is 5.13 Å². The van der Waals surface area contributed by atoms with E-state index in [1.807, 2.05) is 0 Å². The lowest BCUT2D eigenvalue weighted by Crippen LogP contribution is -2.17. The van der Waals surface area contributed by atoms with Crippen LogP contribution in [0.2, 0.25) is 0 Å². The van der Waals surface area contributed by atoms with E-state index in [9.17, 15) is 9.59 Å². The van der Waals surface area contributed by atoms with Gasteiger partial charge in [0, 0.05) is 12.0 Å². The summed E-state index contributed by atoms with van der Waals surface area (Å²) in [6.07, 6.45) is 1.97. The first-order valence-corrected chi connectivity index (χ1v) is 7.16. The molecule has 0 saturated heterocycles. The van der Waals surface area contributed by atoms with E-state index in [4.69, 9.17) is 0 Å². The molecule has 2 rings (SSSR count). The first-order valence-electron chi connectivity index (χ1n) is 6.34. The molecule has 0 atom stereocenters. The van der Waals surface area contributed by atoms with E-state index in [0.29, 0.717) is 11.0 Å². The predicted molar refractivity (Wildman–Crippen MR) is 76.0 cm³/mol. The lowest BCUT2D eigenvalue weighted by atomic mass is 10.1. The molecule has 8 heteroatoms. The minimum absolute atomic E-state index is 0.129. The summed E-state index contributed by atoms with van der Waals surface area (Å²) in [6.45, 7) is 4.19. The van der Waals surface area contributed by atoms with Gasteiger partial charge in [0.2, 0.25) is 5.13 Å². The third-order valence-electron chi connectivity index (χ3n) is 2.91. The average Bonchev–Trinajstić information content (AvgIpc) is 2.89. The Morgan fingerprint density at radius 1 is 1.35 bits per heavy atom. The molecule has 1 amide bonds. The molecular weight excluding hydrogens is 278 g/mol. The molecular formula is C12H15N5O2S. The first-order chi connectivity index (χ1) is 9.63. The molecule has 0 aliphatic rings. The first kappa shape index (κ1) is 14.3. The number of H-pyrrole nitrogens is 1. The Balaban J connectivity index is 2.08. The fourth-order valence-corrected chi connectivity index (χ4v) is 2.73. The van der Waals surface area contributed by atoms with E-state index in [1.165, 1.54) is 23.5 Å². The summed E-state index contributed by atoms with van der Waals surface area (Å²) in [5, 5.41) is 17.9. The third kappa shape index (κ3) is 3.27. The van der Waals surface area contributed by atoms with Crippen LogP contribution in [0.15, 0.2) is 16.9 Å². The van der Waals surface area contributed by atoms with Gasteiger partial charge in [-0.05, 0) is 18.9 Å². The minimum atomic E-state index is -0.423. The SMILES string of the molecule is CCC(CC)c1nnc(NC(=O)c2ccc(=O)[nH]n2)s1. The number of nitrogens with zero attached hydrogens (tertiary/aromatic N) is 3. The van der Waals surface area contributed by atoms with Crippen molar-refractivity contribution in [3.63, 3.8) is 0 Å². The molecule has 7 nitrogen and oxygen atoms in total. The topological polar surface area (TPSA) is 101 Å². The van der Waals surface area contributed by atoms with Crippen molar-refractivity contribution in [2.75, 3.05) is 5.32 Å². The number of amides is 1. The summed E-state index contributed by atoms with van der Waals surface area (Å²) in [5.74, 6) is -0.0575. The zero-order chi connectivity index (χ0) is 14.5. The standard InChI is InChI=1S/C12H15N5O2S/c1-3-7(4-2)11-16-17-12(20-11)13-10(19)8-5-6-9(18)15-14-8/h5-7H,3-4H2,1-2H3,(H,15,18)(H,13,17,19). The highest BCUT2D eigenvalue weighted by atomic mass is 32.1. The van der Waals surface area contributed by atoms with Gasteiger partial charge in [0.05, 0.1) is 0 Å². The molecule has 0 bridgehead atoms. The Bertz CT molecular complexity index is 627. The summed E-state index contributed by atoms with van der Waals surface area (Å²) < 4.78 is 0. The van der Waals surface area contributed by atoms with Crippen molar-refractivity contribution >= 4 is 22.4 Å². The van der Waals surface area contributed by atoms with Gasteiger partial charge in [0.25, 0.3) is 11.5 Å². The Kier molecular flexibility index (Phi) is 4.57. The second kappa shape index (κ2) is 6.38. The molecule has 0 unspecified atom stereocenters. The van der Waals surface area contributed by atoms with Crippen molar-refractivity contribution < 1.29 is 4.79 Å². The number of rotatable bonds is 5. The molecule has 0 spiro atoms. The number of aromatic amines is 1. The van der Waals surface area contributed by atoms with E-state index >= 15 is 0 Å². The summed E-state index contributed by atoms with van der Waals surface area (Å²) in [6, 6.07) is 2.61. The quantitative estimate of drug-likeness (QED) is 0.875. The number of carbonyl (C=O) groups is 1. The molecule has 0 aliphatic carbocycles. The molecule has 2 aromatic rings. The van der Waals surface area contributed by atoms with E-state index in [1.54, 1.807) is 0 Å². The zero-order valence-corrected chi connectivity index (χ0v) is 12.0. The summed E-state index contributed by atoms with van der Waals surface area (Å²) in [5.41, 5.74) is -0.225. The highest BCUT2D eigenvalue weighted by Crippen LogP contribution is 2.28. The van der Waals surface area contributed by atoms with Gasteiger partial charge in [0.15, 0.2) is 0 Å². The largest absolute Gasteiger partial charge is 0.295 e. The van der Waals surface area contributed by atoms with Crippen LogP contribution in [0.25, 0.3) is 0 Å². The van der Waals surface area contributed by atoms with E-state index in [2.05, 4.69) is 39.6 Å². The summed E-state index contributed by atoms with van der Waals surface area (Å²) in [7, 11) is 0. The molecule has 2 N–H and O–H groups in total. The number of carbonyl (C=O) groups excluding carboxylic acids is 1. The van der Waals surface area contributed by atoms with Gasteiger partial charge in [-0.1, -0.05) is 25.2 Å². The number of nitrogens with one attached hydrogen (secondary N) is 2. The van der Waals surface area contributed by atoms with Crippen LogP contribution < -0.4 is 10.9 Å². The normalized spacial score (nSPS) is 10.8. The van der Waals surface area contributed by atoms with Crippen LogP contribution in [0, 0.1) is 0 Å². The van der Waals surface area contributed by atoms with Gasteiger partial charge < -0.3 is 0 Å². The van der Waals surface area contributed by atoms with Crippen molar-refractivity contribution in [1.29, 1.82) is 0 Å². The van der Waals surface area contributed by atoms with Gasteiger partial charge in [0.1, 0.15) is 10.7 Å². The molecule has 0 aromatic carbocycles. The van der Waals surface area contributed by atoms with Crippen molar-refractivity contribution in [3.05, 3.63) is 33.2 Å². The van der Waals surface area contributed by atoms with Crippen LogP contribution in [-0.4, -0.2) is 26.3 Å². The Morgan fingerprint density at radius 3 is 2.70 bits per heavy atom. The smallest absolute Gasteiger partial charge is 0.277 e. The summed E-state index contributed by atoms with van der Waals surface area (Å²) in [4.78, 5) is 22.8. The van der Waals surface area contributed by atoms with Crippen molar-refractivity contribution in [3.8, 4) is 0 Å². The Morgan fingerprint density at radius 2 is 2.10 bits per heavy atom. The van der Waals surface area contributed by atoms with E-state index < -0.39 is 5.91 Å². The van der Waals surface area contributed by atoms with Gasteiger partial charge >= 0.3 is 0 Å². The molecule has 2 heterocycles. The van der Waals surface area contributed by atoms with Gasteiger partial charge in [-0.2, -0.15) is 5.10 Å².